The smallest absolute Gasteiger partial charge is 0.323 e. The minimum Gasteiger partial charge on any atom is -0.458 e. The van der Waals surface area contributed by atoms with Crippen LogP contribution in [0.25, 0.3) is 10.9 Å². The van der Waals surface area contributed by atoms with Gasteiger partial charge >= 0.3 is 5.97 Å². The number of piperidine rings is 1. The summed E-state index contributed by atoms with van der Waals surface area (Å²) >= 11 is 0. The second kappa shape index (κ2) is 18.8. The zero-order valence-electron chi connectivity index (χ0n) is 33.3. The highest BCUT2D eigenvalue weighted by molar-refractivity contribution is 5.99. The fourth-order valence-corrected chi connectivity index (χ4v) is 7.87. The Hall–Kier alpha value is -4.88. The summed E-state index contributed by atoms with van der Waals surface area (Å²) in [7, 11) is 0. The molecule has 4 amide bonds. The number of nitrogens with zero attached hydrogens (tertiary/aromatic N) is 2. The van der Waals surface area contributed by atoms with Gasteiger partial charge in [-0.25, -0.2) is 4.98 Å². The highest BCUT2D eigenvalue weighted by atomic mass is 16.5. The monoisotopic (exact) mass is 769 g/mol. The molecule has 5 rings (SSSR count). The molecule has 1 aromatic heterocycles. The van der Waals surface area contributed by atoms with Gasteiger partial charge in [0, 0.05) is 24.0 Å². The van der Waals surface area contributed by atoms with Gasteiger partial charge in [-0.2, -0.15) is 0 Å². The van der Waals surface area contributed by atoms with E-state index in [4.69, 9.17) is 16.2 Å². The van der Waals surface area contributed by atoms with Crippen LogP contribution in [0.1, 0.15) is 89.2 Å². The van der Waals surface area contributed by atoms with E-state index >= 15 is 0 Å². The Morgan fingerprint density at radius 2 is 1.59 bits per heavy atom. The number of likely N-dealkylation sites (tertiary alicyclic amines) is 1. The van der Waals surface area contributed by atoms with Crippen LogP contribution in [0.4, 0.5) is 0 Å². The minimum absolute atomic E-state index is 0.0620. The number of pyridine rings is 1. The zero-order valence-corrected chi connectivity index (χ0v) is 33.3. The number of hydrogen-bond donors (Lipinski definition) is 5. The maximum atomic E-state index is 14.3. The summed E-state index contributed by atoms with van der Waals surface area (Å²) in [5.74, 6) is -2.34. The quantitative estimate of drug-likeness (QED) is 0.143. The number of nitrogens with one attached hydrogen (secondary N) is 3. The van der Waals surface area contributed by atoms with E-state index in [1.54, 1.807) is 24.3 Å². The van der Waals surface area contributed by atoms with Gasteiger partial charge in [0.1, 0.15) is 23.9 Å². The molecule has 13 heteroatoms. The molecule has 1 unspecified atom stereocenters. The maximum Gasteiger partial charge on any atom is 0.323 e. The summed E-state index contributed by atoms with van der Waals surface area (Å²) in [6, 6.07) is 16.4. The lowest BCUT2D eigenvalue weighted by molar-refractivity contribution is -0.157. The van der Waals surface area contributed by atoms with E-state index in [1.807, 2.05) is 77.1 Å². The summed E-state index contributed by atoms with van der Waals surface area (Å²) in [4.78, 5) is 74.4. The van der Waals surface area contributed by atoms with Crippen molar-refractivity contribution in [2.75, 3.05) is 13.1 Å². The fourth-order valence-electron chi connectivity index (χ4n) is 7.87. The fraction of sp³-hybridized carbons (Fsp3) is 0.535. The number of carbonyl (C=O) groups excluding carboxylic acids is 5. The highest BCUT2D eigenvalue weighted by Crippen LogP contribution is 2.39. The third-order valence-corrected chi connectivity index (χ3v) is 10.9. The van der Waals surface area contributed by atoms with E-state index in [-0.39, 0.29) is 30.5 Å². The summed E-state index contributed by atoms with van der Waals surface area (Å²) in [5, 5.41) is 9.70. The Bertz CT molecular complexity index is 1850. The average Bonchev–Trinajstić information content (AvgIpc) is 3.15. The number of primary amides is 1. The lowest BCUT2D eigenvalue weighted by atomic mass is 9.72. The highest BCUT2D eigenvalue weighted by Gasteiger charge is 2.43. The van der Waals surface area contributed by atoms with Gasteiger partial charge in [-0.3, -0.25) is 28.9 Å². The topological polar surface area (TPSA) is 199 Å². The molecule has 56 heavy (non-hydrogen) atoms. The molecule has 2 aromatic carbocycles. The molecule has 1 saturated heterocycles. The van der Waals surface area contributed by atoms with Crippen molar-refractivity contribution in [2.24, 2.45) is 29.2 Å². The van der Waals surface area contributed by atoms with Crippen LogP contribution in [0, 0.1) is 17.8 Å². The molecule has 1 saturated carbocycles. The van der Waals surface area contributed by atoms with E-state index in [2.05, 4.69) is 25.8 Å². The number of amides is 4. The van der Waals surface area contributed by atoms with Crippen LogP contribution < -0.4 is 27.4 Å². The Kier molecular flexibility index (Phi) is 14.2. The molecule has 0 bridgehead atoms. The second-order valence-electron chi connectivity index (χ2n) is 16.9. The van der Waals surface area contributed by atoms with Crippen molar-refractivity contribution in [2.45, 2.75) is 115 Å². The molecule has 0 spiro atoms. The Labute approximate surface area is 330 Å². The van der Waals surface area contributed by atoms with Gasteiger partial charge in [0.25, 0.3) is 5.91 Å². The number of ether oxygens (including phenoxy) is 1. The molecule has 2 aliphatic rings. The number of aromatic nitrogens is 1. The normalized spacial score (nSPS) is 20.9. The van der Waals surface area contributed by atoms with Crippen LogP contribution >= 0.6 is 0 Å². The van der Waals surface area contributed by atoms with E-state index < -0.39 is 65.9 Å². The van der Waals surface area contributed by atoms with Crippen LogP contribution in [0.2, 0.25) is 0 Å². The first-order valence-electron chi connectivity index (χ1n) is 19.9. The van der Waals surface area contributed by atoms with Gasteiger partial charge in [0.15, 0.2) is 0 Å². The molecule has 2 fully saturated rings. The van der Waals surface area contributed by atoms with Crippen LogP contribution in [0.5, 0.6) is 0 Å². The molecule has 1 aliphatic carbocycles. The van der Waals surface area contributed by atoms with Crippen molar-refractivity contribution >= 4 is 40.5 Å². The van der Waals surface area contributed by atoms with Crippen LogP contribution in [0.15, 0.2) is 66.7 Å². The van der Waals surface area contributed by atoms with Gasteiger partial charge in [-0.15, -0.1) is 0 Å². The molecule has 7 N–H and O–H groups in total. The van der Waals surface area contributed by atoms with Crippen molar-refractivity contribution in [1.29, 1.82) is 0 Å². The van der Waals surface area contributed by atoms with Gasteiger partial charge in [-0.1, -0.05) is 87.7 Å². The SMILES string of the molecule is CC(C)C(N)C(=O)O[C@H](CN1C[C@H]2CCCC[C@H]2C[C@H]1C(=O)NC(C)(C)C)[C@H](Cc1ccccc1)NC(=O)[C@H](CC(N)=O)NC(=O)c1ccc2ccccc2n1. The van der Waals surface area contributed by atoms with Crippen LogP contribution in [0.3, 0.4) is 0 Å². The number of fused-ring (bicyclic) bond motifs is 2. The molecule has 3 aromatic rings. The first kappa shape index (κ1) is 42.3. The van der Waals surface area contributed by atoms with Gasteiger partial charge in [-0.05, 0) is 75.5 Å². The number of hydrogen-bond acceptors (Lipinski definition) is 9. The van der Waals surface area contributed by atoms with E-state index in [0.717, 1.165) is 36.6 Å². The van der Waals surface area contributed by atoms with Crippen molar-refractivity contribution in [1.82, 2.24) is 25.8 Å². The molecule has 1 aliphatic heterocycles. The lowest BCUT2D eigenvalue weighted by Gasteiger charge is -2.47. The molecule has 302 valence electrons. The van der Waals surface area contributed by atoms with E-state index in [9.17, 15) is 24.0 Å². The van der Waals surface area contributed by atoms with Crippen LogP contribution in [-0.2, 0) is 30.3 Å². The largest absolute Gasteiger partial charge is 0.458 e. The molecule has 13 nitrogen and oxygen atoms in total. The Morgan fingerprint density at radius 1 is 0.911 bits per heavy atom. The number of rotatable bonds is 15. The average molecular weight is 770 g/mol. The zero-order chi connectivity index (χ0) is 40.6. The van der Waals surface area contributed by atoms with Gasteiger partial charge < -0.3 is 32.2 Å². The number of nitrogens with two attached hydrogens (primary N) is 2. The first-order valence-corrected chi connectivity index (χ1v) is 19.9. The molecule has 0 radical (unpaired) electrons. The van der Waals surface area contributed by atoms with Crippen molar-refractivity contribution in [3.05, 3.63) is 78.0 Å². The third-order valence-electron chi connectivity index (χ3n) is 10.9. The standard InChI is InChI=1S/C43H59N7O6/c1-26(2)38(45)42(55)56-36(25-50-24-30-17-10-9-16-29(30)22-35(50)41(54)49-43(3,4)5)33(21-27-13-7-6-8-14-27)47-40(53)34(23-37(44)51)48-39(52)32-20-19-28-15-11-12-18-31(28)46-32/h6-8,11-15,18-20,26,29-30,33-36,38H,9-10,16-17,21-25,45H2,1-5H3,(H2,44,51)(H,47,53)(H,48,52)(H,49,54)/t29-,30+,33-,34-,35-,36+,38?/m0/s1. The van der Waals surface area contributed by atoms with Crippen molar-refractivity contribution in [3.63, 3.8) is 0 Å². The maximum absolute atomic E-state index is 14.3. The Balaban J connectivity index is 1.48. The molecule has 2 heterocycles. The minimum atomic E-state index is -1.37. The summed E-state index contributed by atoms with van der Waals surface area (Å²) in [5.41, 5.74) is 13.0. The summed E-state index contributed by atoms with van der Waals surface area (Å²) in [6.45, 7) is 10.3. The molecular weight excluding hydrogens is 711 g/mol. The van der Waals surface area contributed by atoms with E-state index in [1.165, 1.54) is 0 Å². The molecule has 7 atom stereocenters. The third kappa shape index (κ3) is 11.6. The van der Waals surface area contributed by atoms with Gasteiger partial charge in [0.05, 0.1) is 24.0 Å². The predicted octanol–water partition coefficient (Wildman–Crippen LogP) is 3.63. The number of para-hydroxylation sites is 1. The van der Waals surface area contributed by atoms with Crippen molar-refractivity contribution < 1.29 is 28.7 Å². The lowest BCUT2D eigenvalue weighted by Crippen LogP contribution is -2.62. The first-order chi connectivity index (χ1) is 26.6. The van der Waals surface area contributed by atoms with Gasteiger partial charge in [0.2, 0.25) is 17.7 Å². The van der Waals surface area contributed by atoms with Crippen molar-refractivity contribution in [3.8, 4) is 0 Å². The number of carbonyl (C=O) groups is 5. The second-order valence-corrected chi connectivity index (χ2v) is 16.9. The number of esters is 1. The predicted molar refractivity (Wildman–Crippen MR) is 215 cm³/mol. The van der Waals surface area contributed by atoms with E-state index in [0.29, 0.717) is 30.3 Å². The Morgan fingerprint density at radius 3 is 2.27 bits per heavy atom. The van der Waals surface area contributed by atoms with Crippen LogP contribution in [-0.4, -0.2) is 88.4 Å². The summed E-state index contributed by atoms with van der Waals surface area (Å²) in [6.07, 6.45) is 3.78. The number of benzene rings is 2. The summed E-state index contributed by atoms with van der Waals surface area (Å²) < 4.78 is 6.29. The molecular formula is C43H59N7O6.